The molecule has 104 valence electrons. The fourth-order valence-electron chi connectivity index (χ4n) is 1.70. The van der Waals surface area contributed by atoms with E-state index in [1.165, 1.54) is 0 Å². The summed E-state index contributed by atoms with van der Waals surface area (Å²) in [6.45, 7) is 2.50. The van der Waals surface area contributed by atoms with Crippen molar-refractivity contribution in [1.82, 2.24) is 0 Å². The molecule has 0 unspecified atom stereocenters. The molecule has 3 nitrogen and oxygen atoms in total. The maximum Gasteiger partial charge on any atom is 0.256 e. The molecule has 0 fully saturated rings. The molecule has 0 saturated carbocycles. The highest BCUT2D eigenvalue weighted by molar-refractivity contribution is 9.10. The van der Waals surface area contributed by atoms with Crippen LogP contribution < -0.4 is 10.1 Å². The number of benzene rings is 2. The van der Waals surface area contributed by atoms with Crippen molar-refractivity contribution in [1.29, 1.82) is 0 Å². The van der Waals surface area contributed by atoms with Crippen molar-refractivity contribution in [3.8, 4) is 5.75 Å². The quantitative estimate of drug-likeness (QED) is 0.860. The Balaban J connectivity index is 2.17. The SMILES string of the molecule is CCOc1cccc(NC(=O)c2ccc(Cl)cc2Br)c1. The van der Waals surface area contributed by atoms with Gasteiger partial charge in [-0.3, -0.25) is 4.79 Å². The molecule has 0 aliphatic heterocycles. The van der Waals surface area contributed by atoms with Gasteiger partial charge < -0.3 is 10.1 Å². The molecule has 0 aliphatic carbocycles. The lowest BCUT2D eigenvalue weighted by Gasteiger charge is -2.09. The van der Waals surface area contributed by atoms with Gasteiger partial charge in [-0.05, 0) is 53.2 Å². The third-order valence-corrected chi connectivity index (χ3v) is 3.47. The summed E-state index contributed by atoms with van der Waals surface area (Å²) in [5.74, 6) is 0.516. The highest BCUT2D eigenvalue weighted by Gasteiger charge is 2.10. The first-order valence-electron chi connectivity index (χ1n) is 6.09. The molecular weight excluding hydrogens is 342 g/mol. The Hall–Kier alpha value is -1.52. The summed E-state index contributed by atoms with van der Waals surface area (Å²) >= 11 is 9.19. The Labute approximate surface area is 131 Å². The van der Waals surface area contributed by atoms with Crippen LogP contribution in [0.25, 0.3) is 0 Å². The van der Waals surface area contributed by atoms with E-state index in [1.807, 2.05) is 25.1 Å². The van der Waals surface area contributed by atoms with Gasteiger partial charge in [-0.2, -0.15) is 0 Å². The zero-order valence-corrected chi connectivity index (χ0v) is 13.2. The van der Waals surface area contributed by atoms with Gasteiger partial charge in [0, 0.05) is 21.2 Å². The van der Waals surface area contributed by atoms with Gasteiger partial charge in [0.2, 0.25) is 0 Å². The first-order valence-corrected chi connectivity index (χ1v) is 7.26. The topological polar surface area (TPSA) is 38.3 Å². The Kier molecular flexibility index (Phi) is 5.04. The Bertz CT molecular complexity index is 631. The minimum atomic E-state index is -0.206. The molecule has 1 amide bonds. The van der Waals surface area contributed by atoms with Gasteiger partial charge in [-0.1, -0.05) is 17.7 Å². The molecule has 0 saturated heterocycles. The van der Waals surface area contributed by atoms with Crippen LogP contribution in [0, 0.1) is 0 Å². The van der Waals surface area contributed by atoms with Crippen molar-refractivity contribution in [2.75, 3.05) is 11.9 Å². The van der Waals surface area contributed by atoms with E-state index >= 15 is 0 Å². The molecule has 2 rings (SSSR count). The summed E-state index contributed by atoms with van der Waals surface area (Å²) in [6, 6.07) is 12.3. The molecule has 0 aromatic heterocycles. The smallest absolute Gasteiger partial charge is 0.256 e. The van der Waals surface area contributed by atoms with Crippen LogP contribution in [0.4, 0.5) is 5.69 Å². The predicted octanol–water partition coefficient (Wildman–Crippen LogP) is 4.75. The van der Waals surface area contributed by atoms with E-state index in [0.29, 0.717) is 27.4 Å². The minimum Gasteiger partial charge on any atom is -0.494 e. The summed E-state index contributed by atoms with van der Waals surface area (Å²) in [6.07, 6.45) is 0. The Morgan fingerprint density at radius 2 is 2.10 bits per heavy atom. The van der Waals surface area contributed by atoms with Crippen LogP contribution in [-0.4, -0.2) is 12.5 Å². The second kappa shape index (κ2) is 6.77. The number of amides is 1. The number of anilines is 1. The van der Waals surface area contributed by atoms with Gasteiger partial charge >= 0.3 is 0 Å². The molecule has 2 aromatic rings. The van der Waals surface area contributed by atoms with Crippen LogP contribution in [0.3, 0.4) is 0 Å². The molecule has 5 heteroatoms. The number of hydrogen-bond acceptors (Lipinski definition) is 2. The van der Waals surface area contributed by atoms with Gasteiger partial charge in [0.1, 0.15) is 5.75 Å². The van der Waals surface area contributed by atoms with Gasteiger partial charge in [0.15, 0.2) is 0 Å². The molecule has 0 heterocycles. The zero-order chi connectivity index (χ0) is 14.5. The second-order valence-corrected chi connectivity index (χ2v) is 5.33. The van der Waals surface area contributed by atoms with Gasteiger partial charge in [-0.25, -0.2) is 0 Å². The van der Waals surface area contributed by atoms with Crippen molar-refractivity contribution in [3.63, 3.8) is 0 Å². The van der Waals surface area contributed by atoms with E-state index in [4.69, 9.17) is 16.3 Å². The van der Waals surface area contributed by atoms with E-state index in [9.17, 15) is 4.79 Å². The fourth-order valence-corrected chi connectivity index (χ4v) is 2.57. The highest BCUT2D eigenvalue weighted by Crippen LogP contribution is 2.23. The van der Waals surface area contributed by atoms with Crippen LogP contribution >= 0.6 is 27.5 Å². The van der Waals surface area contributed by atoms with Crippen molar-refractivity contribution in [2.24, 2.45) is 0 Å². The van der Waals surface area contributed by atoms with Crippen molar-refractivity contribution in [2.45, 2.75) is 6.92 Å². The summed E-state index contributed by atoms with van der Waals surface area (Å²) in [4.78, 5) is 12.2. The van der Waals surface area contributed by atoms with Gasteiger partial charge in [0.25, 0.3) is 5.91 Å². The number of ether oxygens (including phenoxy) is 1. The fraction of sp³-hybridized carbons (Fsp3) is 0.133. The van der Waals surface area contributed by atoms with Gasteiger partial charge in [-0.15, -0.1) is 0 Å². The van der Waals surface area contributed by atoms with Crippen molar-refractivity contribution >= 4 is 39.1 Å². The van der Waals surface area contributed by atoms with E-state index < -0.39 is 0 Å². The molecular formula is C15H13BrClNO2. The number of nitrogens with one attached hydrogen (secondary N) is 1. The standard InChI is InChI=1S/C15H13BrClNO2/c1-2-20-12-5-3-4-11(9-12)18-15(19)13-7-6-10(17)8-14(13)16/h3-9H,2H2,1H3,(H,18,19). The number of halogens is 2. The van der Waals surface area contributed by atoms with Crippen molar-refractivity contribution in [3.05, 3.63) is 57.5 Å². The molecule has 1 N–H and O–H groups in total. The highest BCUT2D eigenvalue weighted by atomic mass is 79.9. The van der Waals surface area contributed by atoms with Crippen LogP contribution in [0.1, 0.15) is 17.3 Å². The molecule has 0 radical (unpaired) electrons. The number of rotatable bonds is 4. The van der Waals surface area contributed by atoms with E-state index in [2.05, 4.69) is 21.2 Å². The molecule has 2 aromatic carbocycles. The maximum absolute atomic E-state index is 12.2. The lowest BCUT2D eigenvalue weighted by molar-refractivity contribution is 0.102. The minimum absolute atomic E-state index is 0.206. The first-order chi connectivity index (χ1) is 9.60. The zero-order valence-electron chi connectivity index (χ0n) is 10.8. The van der Waals surface area contributed by atoms with Crippen LogP contribution in [-0.2, 0) is 0 Å². The normalized spacial score (nSPS) is 10.2. The Morgan fingerprint density at radius 1 is 1.30 bits per heavy atom. The first kappa shape index (κ1) is 14.9. The lowest BCUT2D eigenvalue weighted by Crippen LogP contribution is -2.12. The third-order valence-electron chi connectivity index (χ3n) is 2.58. The Morgan fingerprint density at radius 3 is 2.80 bits per heavy atom. The lowest BCUT2D eigenvalue weighted by atomic mass is 10.2. The number of hydrogen-bond donors (Lipinski definition) is 1. The summed E-state index contributed by atoms with van der Waals surface area (Å²) < 4.78 is 6.05. The number of carbonyl (C=O) groups excluding carboxylic acids is 1. The van der Waals surface area contributed by atoms with E-state index in [1.54, 1.807) is 24.3 Å². The average molecular weight is 355 g/mol. The molecule has 0 aliphatic rings. The second-order valence-electron chi connectivity index (χ2n) is 4.04. The van der Waals surface area contributed by atoms with Crippen LogP contribution in [0.15, 0.2) is 46.9 Å². The molecule has 0 bridgehead atoms. The monoisotopic (exact) mass is 353 g/mol. The summed E-state index contributed by atoms with van der Waals surface area (Å²) in [5.41, 5.74) is 1.21. The molecule has 0 atom stereocenters. The molecule has 20 heavy (non-hydrogen) atoms. The third kappa shape index (κ3) is 3.74. The van der Waals surface area contributed by atoms with E-state index in [0.717, 1.165) is 5.75 Å². The molecule has 0 spiro atoms. The summed E-state index contributed by atoms with van der Waals surface area (Å²) in [7, 11) is 0. The average Bonchev–Trinajstić information content (AvgIpc) is 2.39. The maximum atomic E-state index is 12.2. The predicted molar refractivity (Wildman–Crippen MR) is 84.7 cm³/mol. The number of carbonyl (C=O) groups is 1. The largest absolute Gasteiger partial charge is 0.494 e. The summed E-state index contributed by atoms with van der Waals surface area (Å²) in [5, 5.41) is 3.40. The van der Waals surface area contributed by atoms with Crippen molar-refractivity contribution < 1.29 is 9.53 Å². The van der Waals surface area contributed by atoms with Crippen LogP contribution in [0.5, 0.6) is 5.75 Å². The van der Waals surface area contributed by atoms with E-state index in [-0.39, 0.29) is 5.91 Å². The van der Waals surface area contributed by atoms with Gasteiger partial charge in [0.05, 0.1) is 12.2 Å². The van der Waals surface area contributed by atoms with Crippen LogP contribution in [0.2, 0.25) is 5.02 Å².